The van der Waals surface area contributed by atoms with Crippen molar-refractivity contribution in [3.05, 3.63) is 93.5 Å². The second-order valence-corrected chi connectivity index (χ2v) is 10.9. The molecule has 7 heteroatoms. The fourth-order valence-corrected chi connectivity index (χ4v) is 5.40. The summed E-state index contributed by atoms with van der Waals surface area (Å²) in [6, 6.07) is 17.5. The molecule has 0 spiro atoms. The van der Waals surface area contributed by atoms with E-state index in [4.69, 9.17) is 11.6 Å². The lowest BCUT2D eigenvalue weighted by Crippen LogP contribution is -2.42. The van der Waals surface area contributed by atoms with Crippen molar-refractivity contribution in [3.8, 4) is 0 Å². The van der Waals surface area contributed by atoms with Crippen LogP contribution >= 0.6 is 11.6 Å². The Bertz CT molecular complexity index is 1290. The van der Waals surface area contributed by atoms with Crippen LogP contribution in [-0.4, -0.2) is 20.9 Å². The first-order valence-corrected chi connectivity index (χ1v) is 13.1. The number of rotatable bonds is 8. The van der Waals surface area contributed by atoms with Gasteiger partial charge in [-0.3, -0.25) is 9.10 Å². The van der Waals surface area contributed by atoms with Crippen LogP contribution in [-0.2, 0) is 14.8 Å². The molecule has 1 amide bonds. The lowest BCUT2D eigenvalue weighted by Gasteiger charge is -2.27. The van der Waals surface area contributed by atoms with Crippen LogP contribution in [0.3, 0.4) is 0 Å². The first-order chi connectivity index (χ1) is 16.0. The molecule has 1 N–H and O–H groups in total. The van der Waals surface area contributed by atoms with Gasteiger partial charge in [-0.1, -0.05) is 60.5 Å². The summed E-state index contributed by atoms with van der Waals surface area (Å²) < 4.78 is 28.4. The van der Waals surface area contributed by atoms with Gasteiger partial charge in [0.05, 0.1) is 16.6 Å². The third-order valence-electron chi connectivity index (χ3n) is 6.01. The molecule has 0 bridgehead atoms. The molecule has 0 aromatic heterocycles. The Morgan fingerprint density at radius 2 is 1.56 bits per heavy atom. The van der Waals surface area contributed by atoms with Crippen LogP contribution in [0, 0.1) is 27.7 Å². The van der Waals surface area contributed by atoms with Crippen LogP contribution in [0.5, 0.6) is 0 Å². The average molecular weight is 499 g/mol. The van der Waals surface area contributed by atoms with Crippen LogP contribution in [0.4, 0.5) is 5.69 Å². The number of hydrogen-bond donors (Lipinski definition) is 1. The second-order valence-electron chi connectivity index (χ2n) is 8.63. The molecular weight excluding hydrogens is 468 g/mol. The molecule has 0 saturated heterocycles. The minimum absolute atomic E-state index is 0.117. The van der Waals surface area contributed by atoms with Crippen molar-refractivity contribution in [1.29, 1.82) is 0 Å². The molecule has 1 unspecified atom stereocenters. The summed E-state index contributed by atoms with van der Waals surface area (Å²) in [5, 5.41) is 3.41. The third kappa shape index (κ3) is 5.80. The molecule has 3 aromatic carbocycles. The van der Waals surface area contributed by atoms with E-state index in [0.29, 0.717) is 22.7 Å². The number of nitrogens with one attached hydrogen (secondary N) is 1. The van der Waals surface area contributed by atoms with Crippen molar-refractivity contribution < 1.29 is 13.2 Å². The summed E-state index contributed by atoms with van der Waals surface area (Å²) >= 11 is 6.21. The maximum absolute atomic E-state index is 13.7. The monoisotopic (exact) mass is 498 g/mol. The van der Waals surface area contributed by atoms with Crippen LogP contribution < -0.4 is 9.62 Å². The fraction of sp³-hybridized carbons (Fsp3) is 0.296. The number of hydrogen-bond acceptors (Lipinski definition) is 3. The lowest BCUT2D eigenvalue weighted by molar-refractivity contribution is -0.120. The lowest BCUT2D eigenvalue weighted by atomic mass is 9.99. The molecule has 3 rings (SSSR count). The minimum atomic E-state index is -4.01. The zero-order valence-electron chi connectivity index (χ0n) is 20.2. The van der Waals surface area contributed by atoms with E-state index in [2.05, 4.69) is 11.4 Å². The Kier molecular flexibility index (Phi) is 8.05. The zero-order chi connectivity index (χ0) is 25.0. The van der Waals surface area contributed by atoms with E-state index in [1.807, 2.05) is 39.8 Å². The number of halogens is 1. The van der Waals surface area contributed by atoms with Gasteiger partial charge in [-0.05, 0) is 80.6 Å². The van der Waals surface area contributed by atoms with Gasteiger partial charge in [0.1, 0.15) is 6.54 Å². The SMILES string of the molecule is CCC(NC(=O)CN(c1cc(Cl)ccc1C)S(=O)(=O)c1ccc(C)cc1)c1ccc(C)c(C)c1. The highest BCUT2D eigenvalue weighted by molar-refractivity contribution is 7.92. The molecular formula is C27H31ClN2O3S. The van der Waals surface area contributed by atoms with E-state index in [1.54, 1.807) is 49.4 Å². The molecule has 1 atom stereocenters. The van der Waals surface area contributed by atoms with E-state index in [-0.39, 0.29) is 23.4 Å². The summed E-state index contributed by atoms with van der Waals surface area (Å²) in [6.07, 6.45) is 0.676. The van der Waals surface area contributed by atoms with Crippen LogP contribution in [0.25, 0.3) is 0 Å². The molecule has 0 aliphatic heterocycles. The molecule has 3 aromatic rings. The third-order valence-corrected chi connectivity index (χ3v) is 8.02. The highest BCUT2D eigenvalue weighted by Gasteiger charge is 2.29. The number of amides is 1. The first kappa shape index (κ1) is 25.8. The number of aryl methyl sites for hydroxylation is 4. The largest absolute Gasteiger partial charge is 0.348 e. The van der Waals surface area contributed by atoms with E-state index >= 15 is 0 Å². The standard InChI is InChI=1S/C27H31ClN2O3S/c1-6-25(22-11-9-19(3)21(5)15-22)29-27(31)17-30(26-16-23(28)12-10-20(26)4)34(32,33)24-13-7-18(2)8-14-24/h7-16,25H,6,17H2,1-5H3,(H,29,31). The quantitative estimate of drug-likeness (QED) is 0.412. The highest BCUT2D eigenvalue weighted by Crippen LogP contribution is 2.30. The van der Waals surface area contributed by atoms with E-state index in [0.717, 1.165) is 21.0 Å². The van der Waals surface area contributed by atoms with Crippen molar-refractivity contribution in [2.75, 3.05) is 10.8 Å². The number of anilines is 1. The summed E-state index contributed by atoms with van der Waals surface area (Å²) in [5.74, 6) is -0.389. The molecule has 5 nitrogen and oxygen atoms in total. The van der Waals surface area contributed by atoms with Crippen molar-refractivity contribution in [2.24, 2.45) is 0 Å². The molecule has 34 heavy (non-hydrogen) atoms. The van der Waals surface area contributed by atoms with Crippen molar-refractivity contribution in [3.63, 3.8) is 0 Å². The Balaban J connectivity index is 1.96. The van der Waals surface area contributed by atoms with Gasteiger partial charge in [0.25, 0.3) is 10.0 Å². The van der Waals surface area contributed by atoms with Gasteiger partial charge in [0.2, 0.25) is 5.91 Å². The predicted molar refractivity (Wildman–Crippen MR) is 139 cm³/mol. The molecule has 0 heterocycles. The highest BCUT2D eigenvalue weighted by atomic mass is 35.5. The first-order valence-electron chi connectivity index (χ1n) is 11.2. The molecule has 0 aliphatic rings. The maximum atomic E-state index is 13.7. The molecule has 0 fully saturated rings. The Labute approximate surface area is 207 Å². The van der Waals surface area contributed by atoms with Gasteiger partial charge in [-0.2, -0.15) is 0 Å². The summed E-state index contributed by atoms with van der Waals surface area (Å²) in [6.45, 7) is 9.39. The van der Waals surface area contributed by atoms with Crippen molar-refractivity contribution in [2.45, 2.75) is 52.0 Å². The number of carbonyl (C=O) groups is 1. The van der Waals surface area contributed by atoms with Gasteiger partial charge >= 0.3 is 0 Å². The van der Waals surface area contributed by atoms with Crippen molar-refractivity contribution >= 4 is 33.2 Å². The van der Waals surface area contributed by atoms with Gasteiger partial charge in [-0.25, -0.2) is 8.42 Å². The molecule has 0 aliphatic carbocycles. The zero-order valence-corrected chi connectivity index (χ0v) is 21.8. The minimum Gasteiger partial charge on any atom is -0.348 e. The average Bonchev–Trinajstić information content (AvgIpc) is 2.79. The normalized spacial score (nSPS) is 12.3. The van der Waals surface area contributed by atoms with Crippen molar-refractivity contribution in [1.82, 2.24) is 5.32 Å². The predicted octanol–water partition coefficient (Wildman–Crippen LogP) is 6.04. The summed E-state index contributed by atoms with van der Waals surface area (Å²) in [4.78, 5) is 13.3. The van der Waals surface area contributed by atoms with Crippen LogP contribution in [0.2, 0.25) is 5.02 Å². The Morgan fingerprint density at radius 1 is 0.912 bits per heavy atom. The van der Waals surface area contributed by atoms with E-state index < -0.39 is 10.0 Å². The summed E-state index contributed by atoms with van der Waals surface area (Å²) in [5.41, 5.74) is 5.34. The number of nitrogens with zero attached hydrogens (tertiary/aromatic N) is 1. The van der Waals surface area contributed by atoms with E-state index in [1.165, 1.54) is 5.56 Å². The van der Waals surface area contributed by atoms with Crippen LogP contribution in [0.1, 0.15) is 47.2 Å². The smallest absolute Gasteiger partial charge is 0.264 e. The molecule has 0 radical (unpaired) electrons. The van der Waals surface area contributed by atoms with Gasteiger partial charge in [0, 0.05) is 5.02 Å². The number of benzene rings is 3. The molecule has 0 saturated carbocycles. The van der Waals surface area contributed by atoms with Gasteiger partial charge < -0.3 is 5.32 Å². The molecule has 180 valence electrons. The maximum Gasteiger partial charge on any atom is 0.264 e. The fourth-order valence-electron chi connectivity index (χ4n) is 3.76. The number of carbonyl (C=O) groups excluding carboxylic acids is 1. The van der Waals surface area contributed by atoms with Crippen LogP contribution in [0.15, 0.2) is 65.6 Å². The van der Waals surface area contributed by atoms with E-state index in [9.17, 15) is 13.2 Å². The van der Waals surface area contributed by atoms with Gasteiger partial charge in [0.15, 0.2) is 0 Å². The van der Waals surface area contributed by atoms with Gasteiger partial charge in [-0.15, -0.1) is 0 Å². The topological polar surface area (TPSA) is 66.5 Å². The second kappa shape index (κ2) is 10.6. The Morgan fingerprint density at radius 3 is 2.18 bits per heavy atom. The summed E-state index contributed by atoms with van der Waals surface area (Å²) in [7, 11) is -4.01. The number of sulfonamides is 1. The Hall–Kier alpha value is -2.83.